The fraction of sp³-hybridized carbons (Fsp3) is 0.222. The van der Waals surface area contributed by atoms with Crippen molar-refractivity contribution >= 4 is 23.5 Å². The Morgan fingerprint density at radius 1 is 1.69 bits per heavy atom. The molecule has 2 N–H and O–H groups in total. The lowest BCUT2D eigenvalue weighted by molar-refractivity contribution is 0.0994. The van der Waals surface area contributed by atoms with Gasteiger partial charge in [-0.2, -0.15) is 10.1 Å². The minimum absolute atomic E-state index is 0.199. The number of aromatic nitrogens is 3. The zero-order chi connectivity index (χ0) is 11.5. The molecule has 0 aliphatic rings. The van der Waals surface area contributed by atoms with Crippen LogP contribution in [0.25, 0.3) is 0 Å². The predicted octanol–water partition coefficient (Wildman–Crippen LogP) is 1.70. The van der Waals surface area contributed by atoms with Crippen molar-refractivity contribution in [2.45, 2.75) is 12.8 Å². The van der Waals surface area contributed by atoms with Crippen molar-refractivity contribution in [2.24, 2.45) is 0 Å². The van der Waals surface area contributed by atoms with E-state index >= 15 is 0 Å². The van der Waals surface area contributed by atoms with Crippen LogP contribution in [0, 0.1) is 6.92 Å². The number of aryl methyl sites for hydroxylation is 1. The summed E-state index contributed by atoms with van der Waals surface area (Å²) < 4.78 is 5.26. The molecule has 2 rings (SSSR count). The summed E-state index contributed by atoms with van der Waals surface area (Å²) in [7, 11) is 0. The standard InChI is InChI=1S/C9H9ClN4O2/c1-5-6(3-10)2-7(16-5)8(15)13-9-11-4-12-14-9/h2,4H,3H2,1H3,(H2,11,12,13,14,15). The van der Waals surface area contributed by atoms with Crippen LogP contribution in [0.2, 0.25) is 0 Å². The van der Waals surface area contributed by atoms with E-state index in [9.17, 15) is 4.79 Å². The summed E-state index contributed by atoms with van der Waals surface area (Å²) >= 11 is 5.67. The fourth-order valence-electron chi connectivity index (χ4n) is 1.20. The molecule has 84 valence electrons. The second kappa shape index (κ2) is 4.36. The van der Waals surface area contributed by atoms with Crippen LogP contribution >= 0.6 is 11.6 Å². The van der Waals surface area contributed by atoms with Crippen LogP contribution in [-0.4, -0.2) is 21.1 Å². The molecule has 2 aromatic heterocycles. The molecule has 1 amide bonds. The number of amides is 1. The first kappa shape index (κ1) is 10.7. The number of halogens is 1. The Bertz CT molecular complexity index is 492. The molecule has 0 unspecified atom stereocenters. The van der Waals surface area contributed by atoms with E-state index < -0.39 is 5.91 Å². The number of hydrogen-bond donors (Lipinski definition) is 2. The molecule has 16 heavy (non-hydrogen) atoms. The highest BCUT2D eigenvalue weighted by molar-refractivity contribution is 6.17. The first-order chi connectivity index (χ1) is 7.70. The molecule has 0 spiro atoms. The van der Waals surface area contributed by atoms with Crippen LogP contribution in [-0.2, 0) is 5.88 Å². The van der Waals surface area contributed by atoms with E-state index in [0.29, 0.717) is 11.6 Å². The van der Waals surface area contributed by atoms with Crippen molar-refractivity contribution in [1.82, 2.24) is 15.2 Å². The van der Waals surface area contributed by atoms with E-state index in [1.54, 1.807) is 13.0 Å². The third kappa shape index (κ3) is 2.06. The van der Waals surface area contributed by atoms with Gasteiger partial charge in [0.25, 0.3) is 5.91 Å². The Hall–Kier alpha value is -1.82. The van der Waals surface area contributed by atoms with Crippen LogP contribution in [0.4, 0.5) is 5.95 Å². The average molecular weight is 241 g/mol. The van der Waals surface area contributed by atoms with Gasteiger partial charge in [-0.3, -0.25) is 10.1 Å². The maximum Gasteiger partial charge on any atom is 0.293 e. The normalized spacial score (nSPS) is 10.4. The number of rotatable bonds is 3. The third-order valence-electron chi connectivity index (χ3n) is 2.04. The maximum absolute atomic E-state index is 11.7. The van der Waals surface area contributed by atoms with Crippen molar-refractivity contribution in [3.63, 3.8) is 0 Å². The number of nitrogens with zero attached hydrogens (tertiary/aromatic N) is 2. The Morgan fingerprint density at radius 2 is 2.50 bits per heavy atom. The van der Waals surface area contributed by atoms with Gasteiger partial charge in [0, 0.05) is 5.56 Å². The highest BCUT2D eigenvalue weighted by Crippen LogP contribution is 2.17. The predicted molar refractivity (Wildman–Crippen MR) is 57.3 cm³/mol. The number of furan rings is 1. The van der Waals surface area contributed by atoms with Gasteiger partial charge in [-0.15, -0.1) is 11.6 Å². The average Bonchev–Trinajstić information content (AvgIpc) is 2.87. The first-order valence-electron chi connectivity index (χ1n) is 4.52. The van der Waals surface area contributed by atoms with Gasteiger partial charge in [-0.05, 0) is 13.0 Å². The Kier molecular flexibility index (Phi) is 2.91. The van der Waals surface area contributed by atoms with E-state index in [2.05, 4.69) is 20.5 Å². The Labute approximate surface area is 96.0 Å². The Balaban J connectivity index is 2.15. The number of aromatic amines is 1. The molecular weight excluding hydrogens is 232 g/mol. The molecule has 2 heterocycles. The second-order valence-electron chi connectivity index (χ2n) is 3.11. The molecule has 7 heteroatoms. The lowest BCUT2D eigenvalue weighted by atomic mass is 10.3. The maximum atomic E-state index is 11.7. The molecule has 0 radical (unpaired) electrons. The lowest BCUT2D eigenvalue weighted by Crippen LogP contribution is -2.12. The van der Waals surface area contributed by atoms with Gasteiger partial charge in [0.2, 0.25) is 5.95 Å². The number of carbonyl (C=O) groups is 1. The van der Waals surface area contributed by atoms with Crippen molar-refractivity contribution in [3.8, 4) is 0 Å². The first-order valence-corrected chi connectivity index (χ1v) is 5.06. The number of nitrogens with one attached hydrogen (secondary N) is 2. The van der Waals surface area contributed by atoms with Gasteiger partial charge >= 0.3 is 0 Å². The zero-order valence-electron chi connectivity index (χ0n) is 8.45. The highest BCUT2D eigenvalue weighted by atomic mass is 35.5. The molecule has 0 saturated carbocycles. The van der Waals surface area contributed by atoms with Gasteiger partial charge in [0.15, 0.2) is 5.76 Å². The molecule has 0 fully saturated rings. The van der Waals surface area contributed by atoms with Crippen molar-refractivity contribution in [1.29, 1.82) is 0 Å². The molecule has 0 saturated heterocycles. The smallest absolute Gasteiger partial charge is 0.293 e. The monoisotopic (exact) mass is 240 g/mol. The number of hydrogen-bond acceptors (Lipinski definition) is 4. The highest BCUT2D eigenvalue weighted by Gasteiger charge is 2.14. The summed E-state index contributed by atoms with van der Waals surface area (Å²) in [5.41, 5.74) is 0.796. The number of carbonyl (C=O) groups excluding carboxylic acids is 1. The van der Waals surface area contributed by atoms with Crippen LogP contribution in [0.5, 0.6) is 0 Å². The van der Waals surface area contributed by atoms with Crippen LogP contribution in [0.1, 0.15) is 21.9 Å². The van der Waals surface area contributed by atoms with Crippen molar-refractivity contribution in [2.75, 3.05) is 5.32 Å². The molecule has 2 aromatic rings. The quantitative estimate of drug-likeness (QED) is 0.800. The summed E-state index contributed by atoms with van der Waals surface area (Å²) in [4.78, 5) is 15.4. The van der Waals surface area contributed by atoms with Gasteiger partial charge < -0.3 is 4.42 Å². The number of H-pyrrole nitrogens is 1. The minimum atomic E-state index is -0.392. The zero-order valence-corrected chi connectivity index (χ0v) is 9.21. The number of alkyl halides is 1. The van der Waals surface area contributed by atoms with E-state index in [4.69, 9.17) is 16.0 Å². The topological polar surface area (TPSA) is 83.8 Å². The van der Waals surface area contributed by atoms with Gasteiger partial charge in [-0.1, -0.05) is 0 Å². The van der Waals surface area contributed by atoms with Crippen molar-refractivity contribution in [3.05, 3.63) is 29.5 Å². The van der Waals surface area contributed by atoms with Crippen molar-refractivity contribution < 1.29 is 9.21 Å². The molecule has 0 atom stereocenters. The molecule has 0 aromatic carbocycles. The third-order valence-corrected chi connectivity index (χ3v) is 2.32. The Morgan fingerprint density at radius 3 is 3.06 bits per heavy atom. The SMILES string of the molecule is Cc1oc(C(=O)Nc2ncn[nH]2)cc1CCl. The molecule has 0 bridgehead atoms. The minimum Gasteiger partial charge on any atom is -0.456 e. The van der Waals surface area contributed by atoms with Gasteiger partial charge in [0.1, 0.15) is 12.1 Å². The van der Waals surface area contributed by atoms with Crippen LogP contribution in [0.3, 0.4) is 0 Å². The van der Waals surface area contributed by atoms with Crippen LogP contribution < -0.4 is 5.32 Å². The fourth-order valence-corrected chi connectivity index (χ4v) is 1.46. The van der Waals surface area contributed by atoms with E-state index in [1.165, 1.54) is 6.33 Å². The van der Waals surface area contributed by atoms with Crippen LogP contribution in [0.15, 0.2) is 16.8 Å². The largest absolute Gasteiger partial charge is 0.456 e. The summed E-state index contributed by atoms with van der Waals surface area (Å²) in [6.45, 7) is 1.75. The molecule has 0 aliphatic heterocycles. The summed E-state index contributed by atoms with van der Waals surface area (Å²) in [5, 5.41) is 8.62. The van der Waals surface area contributed by atoms with E-state index in [-0.39, 0.29) is 11.7 Å². The van der Waals surface area contributed by atoms with Gasteiger partial charge in [-0.25, -0.2) is 5.10 Å². The molecule has 0 aliphatic carbocycles. The summed E-state index contributed by atoms with van der Waals surface area (Å²) in [5.74, 6) is 1.02. The summed E-state index contributed by atoms with van der Waals surface area (Å²) in [6.07, 6.45) is 1.30. The molecular formula is C9H9ClN4O2. The van der Waals surface area contributed by atoms with Gasteiger partial charge in [0.05, 0.1) is 5.88 Å². The number of anilines is 1. The van der Waals surface area contributed by atoms with E-state index in [1.807, 2.05) is 0 Å². The lowest BCUT2D eigenvalue weighted by Gasteiger charge is -1.96. The second-order valence-corrected chi connectivity index (χ2v) is 3.38. The molecule has 6 nitrogen and oxygen atoms in total. The van der Waals surface area contributed by atoms with E-state index in [0.717, 1.165) is 5.56 Å². The summed E-state index contributed by atoms with van der Waals surface area (Å²) in [6, 6.07) is 1.61.